The van der Waals surface area contributed by atoms with Gasteiger partial charge < -0.3 is 10.6 Å². The summed E-state index contributed by atoms with van der Waals surface area (Å²) in [5.41, 5.74) is 5.65. The van der Waals surface area contributed by atoms with E-state index in [4.69, 9.17) is 5.73 Å². The Labute approximate surface area is 86.0 Å². The van der Waals surface area contributed by atoms with Crippen molar-refractivity contribution >= 4 is 5.91 Å². The van der Waals surface area contributed by atoms with Gasteiger partial charge in [-0.25, -0.2) is 0 Å². The molecule has 2 N–H and O–H groups in total. The van der Waals surface area contributed by atoms with Crippen LogP contribution in [0.2, 0.25) is 0 Å². The number of nitrogens with zero attached hydrogens (tertiary/aromatic N) is 2. The van der Waals surface area contributed by atoms with Crippen molar-refractivity contribution in [2.24, 2.45) is 5.73 Å². The summed E-state index contributed by atoms with van der Waals surface area (Å²) in [6, 6.07) is -0.154. The van der Waals surface area contributed by atoms with Crippen LogP contribution in [-0.2, 0) is 4.79 Å². The molecule has 0 spiro atoms. The zero-order valence-electron chi connectivity index (χ0n) is 9.58. The summed E-state index contributed by atoms with van der Waals surface area (Å²) in [5.74, 6) is 0.164. The van der Waals surface area contributed by atoms with Crippen molar-refractivity contribution in [3.05, 3.63) is 0 Å². The van der Waals surface area contributed by atoms with Crippen LogP contribution in [0.5, 0.6) is 0 Å². The molecule has 1 unspecified atom stereocenters. The van der Waals surface area contributed by atoms with Crippen LogP contribution >= 0.6 is 0 Å². The molecule has 0 bridgehead atoms. The fraction of sp³-hybridized carbons (Fsp3) is 0.900. The third kappa shape index (κ3) is 1.77. The van der Waals surface area contributed by atoms with Crippen molar-refractivity contribution in [1.29, 1.82) is 0 Å². The van der Waals surface area contributed by atoms with E-state index in [9.17, 15) is 4.79 Å². The van der Waals surface area contributed by atoms with Crippen molar-refractivity contribution in [3.8, 4) is 0 Å². The highest BCUT2D eigenvalue weighted by Crippen LogP contribution is 2.23. The molecule has 0 radical (unpaired) electrons. The molecule has 1 fully saturated rings. The van der Waals surface area contributed by atoms with E-state index in [1.54, 1.807) is 0 Å². The number of carbonyl (C=O) groups excluding carboxylic acids is 1. The first kappa shape index (κ1) is 11.5. The van der Waals surface area contributed by atoms with Crippen molar-refractivity contribution < 1.29 is 4.79 Å². The van der Waals surface area contributed by atoms with Gasteiger partial charge in [-0.15, -0.1) is 0 Å². The van der Waals surface area contributed by atoms with Gasteiger partial charge in [0, 0.05) is 25.2 Å². The predicted octanol–water partition coefficient (Wildman–Crippen LogP) is -0.114. The van der Waals surface area contributed by atoms with Gasteiger partial charge in [-0.2, -0.15) is 0 Å². The Kier molecular flexibility index (Phi) is 3.17. The van der Waals surface area contributed by atoms with E-state index in [1.807, 2.05) is 18.9 Å². The molecular formula is C10H21N3O. The summed E-state index contributed by atoms with van der Waals surface area (Å²) in [7, 11) is 1.97. The zero-order valence-corrected chi connectivity index (χ0v) is 9.58. The maximum Gasteiger partial charge on any atom is 0.241 e. The van der Waals surface area contributed by atoms with Crippen molar-refractivity contribution in [3.63, 3.8) is 0 Å². The Morgan fingerprint density at radius 3 is 2.57 bits per heavy atom. The topological polar surface area (TPSA) is 49.6 Å². The third-order valence-electron chi connectivity index (χ3n) is 3.20. The van der Waals surface area contributed by atoms with E-state index >= 15 is 0 Å². The van der Waals surface area contributed by atoms with Gasteiger partial charge in [-0.1, -0.05) is 0 Å². The highest BCUT2D eigenvalue weighted by molar-refractivity contribution is 5.83. The molecule has 1 aliphatic heterocycles. The fourth-order valence-corrected chi connectivity index (χ4v) is 1.98. The minimum atomic E-state index is -0.154. The first-order valence-corrected chi connectivity index (χ1v) is 5.16. The van der Waals surface area contributed by atoms with Crippen LogP contribution in [0.25, 0.3) is 0 Å². The quantitative estimate of drug-likeness (QED) is 0.675. The normalized spacial score (nSPS) is 28.2. The molecule has 1 aliphatic rings. The number of hydrogen-bond acceptors (Lipinski definition) is 3. The van der Waals surface area contributed by atoms with Gasteiger partial charge in [-0.3, -0.25) is 9.69 Å². The van der Waals surface area contributed by atoms with E-state index in [1.165, 1.54) is 0 Å². The summed E-state index contributed by atoms with van der Waals surface area (Å²) in [4.78, 5) is 15.9. The number of hydrogen-bond donors (Lipinski definition) is 1. The monoisotopic (exact) mass is 199 g/mol. The van der Waals surface area contributed by atoms with Gasteiger partial charge in [0.15, 0.2) is 0 Å². The van der Waals surface area contributed by atoms with Gasteiger partial charge in [0.25, 0.3) is 0 Å². The van der Waals surface area contributed by atoms with Crippen molar-refractivity contribution in [2.45, 2.75) is 32.4 Å². The van der Waals surface area contributed by atoms with Crippen LogP contribution in [-0.4, -0.2) is 54.0 Å². The van der Waals surface area contributed by atoms with E-state index < -0.39 is 0 Å². The molecule has 0 aromatic carbocycles. The highest BCUT2D eigenvalue weighted by Gasteiger charge is 2.41. The predicted molar refractivity (Wildman–Crippen MR) is 56.9 cm³/mol. The maximum atomic E-state index is 11.9. The number of amides is 1. The molecule has 1 heterocycles. The molecule has 4 heteroatoms. The number of carbonyl (C=O) groups is 1. The van der Waals surface area contributed by atoms with Crippen LogP contribution < -0.4 is 5.73 Å². The van der Waals surface area contributed by atoms with Crippen LogP contribution in [0.4, 0.5) is 0 Å². The average Bonchev–Trinajstić information content (AvgIpc) is 2.13. The van der Waals surface area contributed by atoms with E-state index in [-0.39, 0.29) is 17.5 Å². The van der Waals surface area contributed by atoms with E-state index in [0.29, 0.717) is 6.54 Å². The van der Waals surface area contributed by atoms with E-state index in [2.05, 4.69) is 18.7 Å². The zero-order chi connectivity index (χ0) is 10.9. The lowest BCUT2D eigenvalue weighted by atomic mass is 9.95. The Morgan fingerprint density at radius 1 is 1.57 bits per heavy atom. The number of piperazine rings is 1. The lowest BCUT2D eigenvalue weighted by Gasteiger charge is -2.49. The second kappa shape index (κ2) is 3.87. The van der Waals surface area contributed by atoms with Crippen LogP contribution in [0.15, 0.2) is 0 Å². The summed E-state index contributed by atoms with van der Waals surface area (Å²) < 4.78 is 0. The average molecular weight is 199 g/mol. The Bertz CT molecular complexity index is 227. The molecule has 0 aromatic heterocycles. The minimum absolute atomic E-state index is 0.0218. The molecule has 1 amide bonds. The van der Waals surface area contributed by atoms with Gasteiger partial charge in [0.05, 0.1) is 0 Å². The summed E-state index contributed by atoms with van der Waals surface area (Å²) in [6.45, 7) is 8.25. The smallest absolute Gasteiger partial charge is 0.241 e. The first-order valence-electron chi connectivity index (χ1n) is 5.16. The number of nitrogens with two attached hydrogens (primary N) is 1. The summed E-state index contributed by atoms with van der Waals surface area (Å²) in [5, 5.41) is 0. The Hall–Kier alpha value is -0.610. The molecule has 0 aromatic rings. The second-order valence-electron chi connectivity index (χ2n) is 4.53. The first-order chi connectivity index (χ1) is 6.44. The van der Waals surface area contributed by atoms with Crippen molar-refractivity contribution in [2.75, 3.05) is 26.7 Å². The van der Waals surface area contributed by atoms with Gasteiger partial charge in [-0.05, 0) is 27.8 Å². The molecule has 0 saturated carbocycles. The molecule has 4 nitrogen and oxygen atoms in total. The summed E-state index contributed by atoms with van der Waals surface area (Å²) in [6.07, 6.45) is 0. The molecule has 1 atom stereocenters. The minimum Gasteiger partial charge on any atom is -0.340 e. The fourth-order valence-electron chi connectivity index (χ4n) is 1.98. The van der Waals surface area contributed by atoms with Crippen LogP contribution in [0.1, 0.15) is 20.8 Å². The molecule has 1 saturated heterocycles. The van der Waals surface area contributed by atoms with Crippen LogP contribution in [0.3, 0.4) is 0 Å². The van der Waals surface area contributed by atoms with Gasteiger partial charge in [0.2, 0.25) is 5.91 Å². The lowest BCUT2D eigenvalue weighted by molar-refractivity contribution is -0.147. The second-order valence-corrected chi connectivity index (χ2v) is 4.53. The van der Waals surface area contributed by atoms with E-state index in [0.717, 1.165) is 13.1 Å². The SMILES string of the molecule is CCN1CC(C)(C)N(C)C(CN)C1=O. The Balaban J connectivity index is 2.89. The molecule has 1 rings (SSSR count). The van der Waals surface area contributed by atoms with Gasteiger partial charge in [0.1, 0.15) is 6.04 Å². The lowest BCUT2D eigenvalue weighted by Crippen LogP contribution is -2.66. The number of likely N-dealkylation sites (N-methyl/N-ethyl adjacent to an activating group) is 2. The molecular weight excluding hydrogens is 178 g/mol. The number of rotatable bonds is 2. The Morgan fingerprint density at radius 2 is 2.14 bits per heavy atom. The standard InChI is InChI=1S/C10H21N3O/c1-5-13-7-10(2,3)12(4)8(6-11)9(13)14/h8H,5-7,11H2,1-4H3. The highest BCUT2D eigenvalue weighted by atomic mass is 16.2. The largest absolute Gasteiger partial charge is 0.340 e. The third-order valence-corrected chi connectivity index (χ3v) is 3.20. The summed E-state index contributed by atoms with van der Waals surface area (Å²) >= 11 is 0. The molecule has 14 heavy (non-hydrogen) atoms. The molecule has 82 valence electrons. The van der Waals surface area contributed by atoms with Crippen molar-refractivity contribution in [1.82, 2.24) is 9.80 Å². The maximum absolute atomic E-state index is 11.9. The van der Waals surface area contributed by atoms with Crippen LogP contribution in [0, 0.1) is 0 Å². The van der Waals surface area contributed by atoms with Gasteiger partial charge >= 0.3 is 0 Å². The molecule has 0 aliphatic carbocycles.